The van der Waals surface area contributed by atoms with Crippen molar-refractivity contribution in [2.24, 2.45) is 0 Å². The molecule has 4 aromatic rings. The highest BCUT2D eigenvalue weighted by molar-refractivity contribution is 9.10. The van der Waals surface area contributed by atoms with Gasteiger partial charge in [-0.2, -0.15) is 0 Å². The van der Waals surface area contributed by atoms with Crippen molar-refractivity contribution in [3.63, 3.8) is 0 Å². The van der Waals surface area contributed by atoms with Crippen LogP contribution < -0.4 is 16.0 Å². The summed E-state index contributed by atoms with van der Waals surface area (Å²) in [7, 11) is 0. The van der Waals surface area contributed by atoms with E-state index in [2.05, 4.69) is 31.9 Å². The molecule has 0 aromatic heterocycles. The fourth-order valence-corrected chi connectivity index (χ4v) is 5.11. The van der Waals surface area contributed by atoms with Crippen molar-refractivity contribution in [1.82, 2.24) is 4.90 Å². The molecule has 0 saturated carbocycles. The largest absolute Gasteiger partial charge is 0.334 e. The lowest BCUT2D eigenvalue weighted by atomic mass is 9.97. The summed E-state index contributed by atoms with van der Waals surface area (Å²) in [5.41, 5.74) is 4.93. The molecule has 4 amide bonds. The van der Waals surface area contributed by atoms with Crippen molar-refractivity contribution in [2.75, 3.05) is 22.5 Å². The van der Waals surface area contributed by atoms with Gasteiger partial charge in [0.15, 0.2) is 0 Å². The van der Waals surface area contributed by atoms with Gasteiger partial charge >= 0.3 is 6.03 Å². The molecule has 9 heteroatoms. The van der Waals surface area contributed by atoms with Crippen LogP contribution >= 0.6 is 15.9 Å². The van der Waals surface area contributed by atoms with E-state index in [4.69, 9.17) is 0 Å². The summed E-state index contributed by atoms with van der Waals surface area (Å²) in [6, 6.07) is 23.3. The predicted octanol–water partition coefficient (Wildman–Crippen LogP) is 6.99. The van der Waals surface area contributed by atoms with E-state index in [0.29, 0.717) is 36.4 Å². The molecule has 3 N–H and O–H groups in total. The van der Waals surface area contributed by atoms with Gasteiger partial charge in [-0.15, -0.1) is 0 Å². The van der Waals surface area contributed by atoms with Gasteiger partial charge in [0.25, 0.3) is 11.8 Å². The number of amides is 4. The minimum Gasteiger partial charge on any atom is -0.334 e. The molecule has 1 aliphatic heterocycles. The zero-order valence-corrected chi connectivity index (χ0v) is 23.2. The molecule has 0 atom stereocenters. The van der Waals surface area contributed by atoms with Crippen molar-refractivity contribution >= 4 is 50.8 Å². The third-order valence-corrected chi connectivity index (χ3v) is 7.12. The number of halogens is 2. The SMILES string of the molecule is Cc1cccc(NC(=O)Nc2cccc3c2CCN(C(=O)c2ccc(F)cc2NC(=O)c2cccc(Br)c2)C3)c1. The molecule has 0 fully saturated rings. The first-order chi connectivity index (χ1) is 19.3. The van der Waals surface area contributed by atoms with Gasteiger partial charge in [0.05, 0.1) is 11.3 Å². The Labute approximate surface area is 239 Å². The van der Waals surface area contributed by atoms with Crippen molar-refractivity contribution in [1.29, 1.82) is 0 Å². The Hall–Kier alpha value is -4.50. The third-order valence-electron chi connectivity index (χ3n) is 6.62. The minimum absolute atomic E-state index is 0.101. The van der Waals surface area contributed by atoms with Crippen LogP contribution in [0.4, 0.5) is 26.2 Å². The van der Waals surface area contributed by atoms with E-state index in [1.807, 2.05) is 49.4 Å². The van der Waals surface area contributed by atoms with Crippen LogP contribution in [0, 0.1) is 12.7 Å². The molecule has 1 heterocycles. The van der Waals surface area contributed by atoms with Gasteiger partial charge < -0.3 is 20.9 Å². The van der Waals surface area contributed by atoms with Crippen LogP contribution in [0.5, 0.6) is 0 Å². The Kier molecular flexibility index (Phi) is 7.93. The Morgan fingerprint density at radius 2 is 1.65 bits per heavy atom. The Morgan fingerprint density at radius 3 is 2.45 bits per heavy atom. The summed E-state index contributed by atoms with van der Waals surface area (Å²) >= 11 is 3.34. The number of fused-ring (bicyclic) bond motifs is 1. The van der Waals surface area contributed by atoms with Crippen LogP contribution in [0.15, 0.2) is 89.4 Å². The maximum absolute atomic E-state index is 14.1. The second kappa shape index (κ2) is 11.7. The summed E-state index contributed by atoms with van der Waals surface area (Å²) in [4.78, 5) is 40.7. The van der Waals surface area contributed by atoms with Crippen LogP contribution in [0.1, 0.15) is 37.4 Å². The monoisotopic (exact) mass is 600 g/mol. The van der Waals surface area contributed by atoms with Gasteiger partial charge in [-0.05, 0) is 84.6 Å². The number of hydrogen-bond acceptors (Lipinski definition) is 3. The number of benzene rings is 4. The van der Waals surface area contributed by atoms with E-state index < -0.39 is 11.7 Å². The zero-order valence-electron chi connectivity index (χ0n) is 21.6. The van der Waals surface area contributed by atoms with Crippen molar-refractivity contribution < 1.29 is 18.8 Å². The number of urea groups is 1. The molecule has 4 aromatic carbocycles. The van der Waals surface area contributed by atoms with Gasteiger partial charge in [-0.1, -0.05) is 46.3 Å². The molecule has 0 spiro atoms. The first-order valence-corrected chi connectivity index (χ1v) is 13.5. The topological polar surface area (TPSA) is 90.5 Å². The molecule has 0 unspecified atom stereocenters. The van der Waals surface area contributed by atoms with Gasteiger partial charge in [0.2, 0.25) is 0 Å². The van der Waals surface area contributed by atoms with Gasteiger partial charge in [0, 0.05) is 34.5 Å². The zero-order chi connectivity index (χ0) is 28.2. The first kappa shape index (κ1) is 27.1. The Balaban J connectivity index is 1.31. The second-order valence-electron chi connectivity index (χ2n) is 9.52. The molecule has 40 heavy (non-hydrogen) atoms. The number of rotatable bonds is 5. The molecular formula is C31H26BrFN4O3. The lowest BCUT2D eigenvalue weighted by Crippen LogP contribution is -2.37. The summed E-state index contributed by atoms with van der Waals surface area (Å²) in [6.07, 6.45) is 0.517. The van der Waals surface area contributed by atoms with Crippen molar-refractivity contribution in [3.05, 3.63) is 123 Å². The Morgan fingerprint density at radius 1 is 0.850 bits per heavy atom. The molecule has 0 bridgehead atoms. The summed E-state index contributed by atoms with van der Waals surface area (Å²) in [5, 5.41) is 8.46. The normalized spacial score (nSPS) is 12.3. The average Bonchev–Trinajstić information content (AvgIpc) is 2.92. The lowest BCUT2D eigenvalue weighted by molar-refractivity contribution is 0.0736. The highest BCUT2D eigenvalue weighted by atomic mass is 79.9. The highest BCUT2D eigenvalue weighted by Crippen LogP contribution is 2.29. The summed E-state index contributed by atoms with van der Waals surface area (Å²) in [5.74, 6) is -1.35. The van der Waals surface area contributed by atoms with E-state index in [1.165, 1.54) is 12.1 Å². The number of carbonyl (C=O) groups excluding carboxylic acids is 3. The third kappa shape index (κ3) is 6.21. The van der Waals surface area contributed by atoms with Gasteiger partial charge in [-0.3, -0.25) is 9.59 Å². The van der Waals surface area contributed by atoms with Crippen molar-refractivity contribution in [3.8, 4) is 0 Å². The quantitative estimate of drug-likeness (QED) is 0.230. The second-order valence-corrected chi connectivity index (χ2v) is 10.4. The molecular weight excluding hydrogens is 575 g/mol. The van der Waals surface area contributed by atoms with Gasteiger partial charge in [0.1, 0.15) is 5.82 Å². The van der Waals surface area contributed by atoms with Crippen LogP contribution in [0.3, 0.4) is 0 Å². The summed E-state index contributed by atoms with van der Waals surface area (Å²) < 4.78 is 14.9. The number of nitrogens with zero attached hydrogens (tertiary/aromatic N) is 1. The van der Waals surface area contributed by atoms with Crippen LogP contribution in [-0.2, 0) is 13.0 Å². The van der Waals surface area contributed by atoms with Crippen LogP contribution in [-0.4, -0.2) is 29.3 Å². The fraction of sp³-hybridized carbons (Fsp3) is 0.129. The summed E-state index contributed by atoms with van der Waals surface area (Å²) in [6.45, 7) is 2.65. The van der Waals surface area contributed by atoms with E-state index in [-0.39, 0.29) is 23.2 Å². The molecule has 7 nitrogen and oxygen atoms in total. The molecule has 1 aliphatic rings. The first-order valence-electron chi connectivity index (χ1n) is 12.7. The predicted molar refractivity (Wildman–Crippen MR) is 157 cm³/mol. The van der Waals surface area contributed by atoms with Gasteiger partial charge in [-0.25, -0.2) is 9.18 Å². The number of aryl methyl sites for hydroxylation is 1. The molecule has 0 radical (unpaired) electrons. The highest BCUT2D eigenvalue weighted by Gasteiger charge is 2.26. The van der Waals surface area contributed by atoms with Crippen LogP contribution in [0.25, 0.3) is 0 Å². The molecule has 5 rings (SSSR count). The maximum Gasteiger partial charge on any atom is 0.323 e. The molecule has 202 valence electrons. The Bertz CT molecular complexity index is 1620. The van der Waals surface area contributed by atoms with Crippen LogP contribution in [0.2, 0.25) is 0 Å². The number of nitrogens with one attached hydrogen (secondary N) is 3. The average molecular weight is 601 g/mol. The van der Waals surface area contributed by atoms with E-state index in [1.54, 1.807) is 29.2 Å². The standard InChI is InChI=1S/C31H26BrFN4O3/c1-19-5-2-9-24(15-19)34-31(40)36-27-10-4-7-21-18-37(14-13-25(21)27)30(39)26-12-11-23(33)17-28(26)35-29(38)20-6-3-8-22(32)16-20/h2-12,15-17H,13-14,18H2,1H3,(H,35,38)(H2,34,36,40). The minimum atomic E-state index is -0.565. The number of carbonyl (C=O) groups is 3. The number of anilines is 3. The fourth-order valence-electron chi connectivity index (χ4n) is 4.71. The van der Waals surface area contributed by atoms with Crippen molar-refractivity contribution in [2.45, 2.75) is 19.9 Å². The maximum atomic E-state index is 14.1. The smallest absolute Gasteiger partial charge is 0.323 e. The molecule has 0 saturated heterocycles. The molecule has 0 aliphatic carbocycles. The van der Waals surface area contributed by atoms with E-state index in [0.717, 1.165) is 27.2 Å². The van der Waals surface area contributed by atoms with E-state index >= 15 is 0 Å². The lowest BCUT2D eigenvalue weighted by Gasteiger charge is -2.31. The van der Waals surface area contributed by atoms with E-state index in [9.17, 15) is 18.8 Å². The number of hydrogen-bond donors (Lipinski definition) is 3.